The summed E-state index contributed by atoms with van der Waals surface area (Å²) in [4.78, 5) is 7.76. The summed E-state index contributed by atoms with van der Waals surface area (Å²) >= 11 is 0. The van der Waals surface area contributed by atoms with E-state index in [1.54, 1.807) is 0 Å². The second-order valence-corrected chi connectivity index (χ2v) is 12.1. The predicted octanol–water partition coefficient (Wildman–Crippen LogP) is 7.21. The molecule has 5 rings (SSSR count). The number of hydrogen-bond acceptors (Lipinski definition) is 7. The molecule has 0 bridgehead atoms. The number of ether oxygens (including phenoxy) is 1. The largest absolute Gasteiger partial charge is 0.573 e. The summed E-state index contributed by atoms with van der Waals surface area (Å²) in [5.41, 5.74) is 0.408. The zero-order valence-corrected chi connectivity index (χ0v) is 24.5. The third kappa shape index (κ3) is 6.59. The standard InChI is InChI=1S/C30H23F6N3O5S/c1-16-38-26(29(2,32)33)13-39(16)24-9-6-18(19-11-23(31)22(14-40)25(12-19)45(3,41)42)10-21(24)28-27(37-15-43-28)17-4-7-20(8-5-17)44-30(34,35)36/h4-13,15,40H,14H2,1-3H3. The zero-order valence-electron chi connectivity index (χ0n) is 23.7. The van der Waals surface area contributed by atoms with Crippen LogP contribution in [0.5, 0.6) is 5.75 Å². The molecule has 3 aromatic carbocycles. The summed E-state index contributed by atoms with van der Waals surface area (Å²) in [6.07, 6.45) is -1.83. The van der Waals surface area contributed by atoms with Gasteiger partial charge in [-0.3, -0.25) is 0 Å². The number of aliphatic hydroxyl groups is 1. The predicted molar refractivity (Wildman–Crippen MR) is 150 cm³/mol. The quantitative estimate of drug-likeness (QED) is 0.177. The molecule has 5 aromatic rings. The number of nitrogens with zero attached hydrogens (tertiary/aromatic N) is 3. The topological polar surface area (TPSA) is 107 Å². The maximum Gasteiger partial charge on any atom is 0.573 e. The number of aliphatic hydroxyl groups excluding tert-OH is 1. The molecular weight excluding hydrogens is 628 g/mol. The van der Waals surface area contributed by atoms with E-state index in [1.807, 2.05) is 0 Å². The van der Waals surface area contributed by atoms with Crippen LogP contribution in [0.3, 0.4) is 0 Å². The molecule has 45 heavy (non-hydrogen) atoms. The molecule has 236 valence electrons. The van der Waals surface area contributed by atoms with Crippen LogP contribution in [0.4, 0.5) is 26.3 Å². The summed E-state index contributed by atoms with van der Waals surface area (Å²) < 4.78 is 117. The molecule has 0 amide bonds. The Morgan fingerprint density at radius 1 is 0.978 bits per heavy atom. The van der Waals surface area contributed by atoms with Crippen LogP contribution in [-0.4, -0.2) is 40.7 Å². The second-order valence-electron chi connectivity index (χ2n) is 10.1. The fourth-order valence-corrected chi connectivity index (χ4v) is 5.71. The van der Waals surface area contributed by atoms with Crippen LogP contribution in [0.1, 0.15) is 24.0 Å². The molecule has 0 radical (unpaired) electrons. The summed E-state index contributed by atoms with van der Waals surface area (Å²) in [5, 5.41) is 9.60. The van der Waals surface area contributed by atoms with Gasteiger partial charge in [0.25, 0.3) is 5.92 Å². The average molecular weight is 652 g/mol. The van der Waals surface area contributed by atoms with Crippen LogP contribution < -0.4 is 4.74 Å². The van der Waals surface area contributed by atoms with Crippen LogP contribution in [0.2, 0.25) is 0 Å². The van der Waals surface area contributed by atoms with Gasteiger partial charge in [-0.15, -0.1) is 13.2 Å². The zero-order chi connectivity index (χ0) is 32.9. The summed E-state index contributed by atoms with van der Waals surface area (Å²) in [7, 11) is -3.97. The van der Waals surface area contributed by atoms with Gasteiger partial charge in [0.05, 0.1) is 17.2 Å². The van der Waals surface area contributed by atoms with Gasteiger partial charge in [-0.25, -0.2) is 22.8 Å². The summed E-state index contributed by atoms with van der Waals surface area (Å²) in [6, 6.07) is 11.5. The van der Waals surface area contributed by atoms with Crippen molar-refractivity contribution >= 4 is 9.84 Å². The Morgan fingerprint density at radius 2 is 1.64 bits per heavy atom. The maximum atomic E-state index is 15.0. The van der Waals surface area contributed by atoms with Crippen molar-refractivity contribution in [1.29, 1.82) is 0 Å². The molecule has 8 nitrogen and oxygen atoms in total. The van der Waals surface area contributed by atoms with Gasteiger partial charge >= 0.3 is 6.36 Å². The van der Waals surface area contributed by atoms with Gasteiger partial charge in [-0.05, 0) is 66.6 Å². The molecule has 15 heteroatoms. The Kier molecular flexibility index (Phi) is 8.04. The Hall–Kier alpha value is -4.63. The first kappa shape index (κ1) is 31.8. The van der Waals surface area contributed by atoms with E-state index in [-0.39, 0.29) is 39.7 Å². The number of halogens is 6. The van der Waals surface area contributed by atoms with Crippen molar-refractivity contribution < 1.29 is 49.0 Å². The molecule has 0 aliphatic carbocycles. The molecule has 0 saturated carbocycles. The van der Waals surface area contributed by atoms with Crippen molar-refractivity contribution in [2.24, 2.45) is 0 Å². The molecule has 0 saturated heterocycles. The lowest BCUT2D eigenvalue weighted by Gasteiger charge is -2.15. The van der Waals surface area contributed by atoms with Gasteiger partial charge in [0.1, 0.15) is 28.8 Å². The molecule has 2 heterocycles. The number of oxazole rings is 1. The Labute approximate surface area is 252 Å². The highest BCUT2D eigenvalue weighted by Gasteiger charge is 2.32. The highest BCUT2D eigenvalue weighted by Crippen LogP contribution is 2.40. The normalized spacial score (nSPS) is 12.5. The lowest BCUT2D eigenvalue weighted by molar-refractivity contribution is -0.274. The van der Waals surface area contributed by atoms with Gasteiger partial charge in [0, 0.05) is 36.1 Å². The fourth-order valence-electron chi connectivity index (χ4n) is 4.76. The Morgan fingerprint density at radius 3 is 2.22 bits per heavy atom. The van der Waals surface area contributed by atoms with Gasteiger partial charge < -0.3 is 18.8 Å². The van der Waals surface area contributed by atoms with Crippen LogP contribution in [0.25, 0.3) is 39.4 Å². The highest BCUT2D eigenvalue weighted by molar-refractivity contribution is 7.90. The third-order valence-electron chi connectivity index (χ3n) is 6.81. The van der Waals surface area contributed by atoms with Crippen LogP contribution in [0, 0.1) is 12.7 Å². The monoisotopic (exact) mass is 651 g/mol. The van der Waals surface area contributed by atoms with Crippen LogP contribution >= 0.6 is 0 Å². The molecule has 1 N–H and O–H groups in total. The Bertz CT molecular complexity index is 2000. The number of hydrogen-bond donors (Lipinski definition) is 1. The number of rotatable bonds is 8. The molecule has 0 atom stereocenters. The smallest absolute Gasteiger partial charge is 0.443 e. The SMILES string of the molecule is Cc1nc(C(C)(F)F)cn1-c1ccc(-c2cc(F)c(CO)c(S(C)(=O)=O)c2)cc1-c1ocnc1-c1ccc(OC(F)(F)F)cc1. The maximum absolute atomic E-state index is 15.0. The molecule has 0 fully saturated rings. The van der Waals surface area contributed by atoms with Gasteiger partial charge in [-0.2, -0.15) is 8.78 Å². The van der Waals surface area contributed by atoms with E-state index in [4.69, 9.17) is 4.42 Å². The first-order chi connectivity index (χ1) is 21.0. The van der Waals surface area contributed by atoms with E-state index in [9.17, 15) is 35.5 Å². The minimum absolute atomic E-state index is 0.0602. The van der Waals surface area contributed by atoms with Gasteiger partial charge in [0.2, 0.25) is 0 Å². The van der Waals surface area contributed by atoms with E-state index in [1.165, 1.54) is 47.9 Å². The van der Waals surface area contributed by atoms with Crippen LogP contribution in [0.15, 0.2) is 76.5 Å². The van der Waals surface area contributed by atoms with Crippen molar-refractivity contribution in [2.45, 2.75) is 37.6 Å². The molecular formula is C30H23F6N3O5S. The van der Waals surface area contributed by atoms with Crippen LogP contribution in [-0.2, 0) is 22.4 Å². The first-order valence-electron chi connectivity index (χ1n) is 13.0. The lowest BCUT2D eigenvalue weighted by atomic mass is 9.97. The molecule has 0 unspecified atom stereocenters. The lowest BCUT2D eigenvalue weighted by Crippen LogP contribution is -2.16. The summed E-state index contributed by atoms with van der Waals surface area (Å²) in [5.74, 6) is -4.49. The second kappa shape index (κ2) is 11.4. The van der Waals surface area contributed by atoms with E-state index in [2.05, 4.69) is 14.7 Å². The highest BCUT2D eigenvalue weighted by atomic mass is 32.2. The summed E-state index contributed by atoms with van der Waals surface area (Å²) in [6.45, 7) is 1.32. The number of aromatic nitrogens is 3. The fraction of sp³-hybridized carbons (Fsp3) is 0.200. The van der Waals surface area contributed by atoms with E-state index < -0.39 is 56.4 Å². The number of imidazole rings is 1. The van der Waals surface area contributed by atoms with Gasteiger partial charge in [-0.1, -0.05) is 6.07 Å². The van der Waals surface area contributed by atoms with Crippen molar-refractivity contribution in [2.75, 3.05) is 6.26 Å². The molecule has 0 aliphatic heterocycles. The molecule has 0 aliphatic rings. The van der Waals surface area contributed by atoms with E-state index >= 15 is 4.39 Å². The minimum atomic E-state index is -4.90. The third-order valence-corrected chi connectivity index (χ3v) is 7.97. The van der Waals surface area contributed by atoms with Crippen molar-refractivity contribution in [1.82, 2.24) is 14.5 Å². The number of alkyl halides is 5. The number of sulfone groups is 1. The minimum Gasteiger partial charge on any atom is -0.443 e. The van der Waals surface area contributed by atoms with Crippen molar-refractivity contribution in [3.63, 3.8) is 0 Å². The van der Waals surface area contributed by atoms with E-state index in [0.29, 0.717) is 12.5 Å². The van der Waals surface area contributed by atoms with Crippen molar-refractivity contribution in [3.8, 4) is 45.1 Å². The number of aryl methyl sites for hydroxylation is 1. The van der Waals surface area contributed by atoms with E-state index in [0.717, 1.165) is 37.0 Å². The number of benzene rings is 3. The molecule has 0 spiro atoms. The molecule has 2 aromatic heterocycles. The first-order valence-corrected chi connectivity index (χ1v) is 14.9. The average Bonchev–Trinajstić information content (AvgIpc) is 3.58. The Balaban J connectivity index is 1.72. The van der Waals surface area contributed by atoms with Crippen molar-refractivity contribution in [3.05, 3.63) is 90.1 Å². The van der Waals surface area contributed by atoms with Gasteiger partial charge in [0.15, 0.2) is 22.0 Å².